The van der Waals surface area contributed by atoms with E-state index in [2.05, 4.69) is 0 Å². The summed E-state index contributed by atoms with van der Waals surface area (Å²) in [4.78, 5) is 12.8. The molecule has 0 aromatic heterocycles. The molecule has 1 atom stereocenters. The largest absolute Gasteiger partial charge is 0.493 e. The van der Waals surface area contributed by atoms with Gasteiger partial charge in [0.1, 0.15) is 0 Å². The topological polar surface area (TPSA) is 44.8 Å². The second-order valence-corrected chi connectivity index (χ2v) is 6.65. The summed E-state index contributed by atoms with van der Waals surface area (Å²) in [6, 6.07) is 3.77. The molecule has 3 rings (SSSR count). The van der Waals surface area contributed by atoms with Crippen molar-refractivity contribution in [2.45, 2.75) is 38.5 Å². The van der Waals surface area contributed by atoms with Crippen LogP contribution in [0.2, 0.25) is 0 Å². The van der Waals surface area contributed by atoms with Crippen LogP contribution in [0.5, 0.6) is 17.2 Å². The molecular weight excluding hydrogens is 304 g/mol. The Morgan fingerprint density at radius 2 is 1.67 bits per heavy atom. The third kappa shape index (κ3) is 3.02. The first-order chi connectivity index (χ1) is 11.7. The minimum Gasteiger partial charge on any atom is -0.493 e. The number of hydrogen-bond acceptors (Lipinski definition) is 4. The average molecular weight is 330 g/mol. The van der Waals surface area contributed by atoms with Crippen LogP contribution in [-0.2, 0) is 4.79 Å². The Kier molecular flexibility index (Phi) is 5.12. The lowest BCUT2D eigenvalue weighted by Gasteiger charge is -2.16. The number of benzene rings is 1. The number of ether oxygens (including phenoxy) is 3. The molecule has 2 aliphatic carbocycles. The van der Waals surface area contributed by atoms with Crippen molar-refractivity contribution in [1.82, 2.24) is 0 Å². The number of rotatable bonds is 5. The molecule has 130 valence electrons. The van der Waals surface area contributed by atoms with Gasteiger partial charge in [-0.2, -0.15) is 0 Å². The first-order valence-corrected chi connectivity index (χ1v) is 8.73. The lowest BCUT2D eigenvalue weighted by molar-refractivity contribution is -0.119. The van der Waals surface area contributed by atoms with Gasteiger partial charge in [0, 0.05) is 11.5 Å². The van der Waals surface area contributed by atoms with Gasteiger partial charge in [-0.05, 0) is 55.4 Å². The molecular formula is C20H26O4. The highest BCUT2D eigenvalue weighted by atomic mass is 16.5. The Hall–Kier alpha value is -1.97. The zero-order valence-corrected chi connectivity index (χ0v) is 14.8. The summed E-state index contributed by atoms with van der Waals surface area (Å²) in [5, 5.41) is 0. The smallest absolute Gasteiger partial charge is 0.203 e. The summed E-state index contributed by atoms with van der Waals surface area (Å²) in [5.41, 5.74) is 1.78. The van der Waals surface area contributed by atoms with Gasteiger partial charge in [-0.25, -0.2) is 0 Å². The van der Waals surface area contributed by atoms with Gasteiger partial charge >= 0.3 is 0 Å². The van der Waals surface area contributed by atoms with Crippen LogP contribution in [0.25, 0.3) is 6.08 Å². The van der Waals surface area contributed by atoms with Crippen LogP contribution in [0, 0.1) is 11.8 Å². The minimum atomic E-state index is 0.227. The fraction of sp³-hybridized carbons (Fsp3) is 0.550. The van der Waals surface area contributed by atoms with E-state index in [1.807, 2.05) is 18.2 Å². The highest BCUT2D eigenvalue weighted by Gasteiger charge is 2.36. The van der Waals surface area contributed by atoms with Crippen LogP contribution in [0.3, 0.4) is 0 Å². The fourth-order valence-corrected chi connectivity index (χ4v) is 4.18. The molecule has 2 aliphatic rings. The number of carbonyl (C=O) groups is 1. The van der Waals surface area contributed by atoms with Gasteiger partial charge in [-0.3, -0.25) is 4.79 Å². The molecule has 0 bridgehead atoms. The van der Waals surface area contributed by atoms with Crippen molar-refractivity contribution < 1.29 is 19.0 Å². The predicted molar refractivity (Wildman–Crippen MR) is 93.8 cm³/mol. The number of hydrogen-bond donors (Lipinski definition) is 0. The summed E-state index contributed by atoms with van der Waals surface area (Å²) in [7, 11) is 4.80. The van der Waals surface area contributed by atoms with Crippen molar-refractivity contribution in [2.24, 2.45) is 11.8 Å². The molecule has 2 saturated carbocycles. The molecule has 0 amide bonds. The van der Waals surface area contributed by atoms with Gasteiger partial charge in [0.05, 0.1) is 21.3 Å². The van der Waals surface area contributed by atoms with Crippen molar-refractivity contribution >= 4 is 11.9 Å². The lowest BCUT2D eigenvalue weighted by atomic mass is 9.88. The maximum Gasteiger partial charge on any atom is 0.203 e. The molecule has 0 spiro atoms. The summed E-state index contributed by atoms with van der Waals surface area (Å²) in [5.74, 6) is 2.95. The van der Waals surface area contributed by atoms with Crippen molar-refractivity contribution in [1.29, 1.82) is 0 Å². The molecule has 1 aromatic rings. The van der Waals surface area contributed by atoms with Gasteiger partial charge in [-0.1, -0.05) is 12.8 Å². The van der Waals surface area contributed by atoms with E-state index < -0.39 is 0 Å². The summed E-state index contributed by atoms with van der Waals surface area (Å²) >= 11 is 0. The van der Waals surface area contributed by atoms with Gasteiger partial charge in [0.2, 0.25) is 5.75 Å². The summed E-state index contributed by atoms with van der Waals surface area (Å²) in [6.45, 7) is 0. The highest BCUT2D eigenvalue weighted by molar-refractivity contribution is 6.03. The molecule has 1 aromatic carbocycles. The average Bonchev–Trinajstić information content (AvgIpc) is 3.24. The van der Waals surface area contributed by atoms with Crippen molar-refractivity contribution in [3.8, 4) is 17.2 Å². The second-order valence-electron chi connectivity index (χ2n) is 6.65. The zero-order chi connectivity index (χ0) is 17.1. The second kappa shape index (κ2) is 7.29. The Morgan fingerprint density at radius 3 is 2.29 bits per heavy atom. The Balaban J connectivity index is 1.90. The van der Waals surface area contributed by atoms with E-state index in [4.69, 9.17) is 14.2 Å². The minimum absolute atomic E-state index is 0.227. The molecule has 4 heteroatoms. The van der Waals surface area contributed by atoms with Crippen LogP contribution in [0.4, 0.5) is 0 Å². The molecule has 2 fully saturated rings. The third-order valence-corrected chi connectivity index (χ3v) is 5.41. The summed E-state index contributed by atoms with van der Waals surface area (Å²) in [6.07, 6.45) is 8.79. The van der Waals surface area contributed by atoms with Gasteiger partial charge in [0.25, 0.3) is 0 Å². The molecule has 0 N–H and O–H groups in total. The molecule has 1 unspecified atom stereocenters. The lowest BCUT2D eigenvalue weighted by Crippen LogP contribution is -2.16. The number of carbonyl (C=O) groups excluding carboxylic acids is 1. The number of methoxy groups -OCH3 is 3. The zero-order valence-electron chi connectivity index (χ0n) is 14.8. The molecule has 0 radical (unpaired) electrons. The van der Waals surface area contributed by atoms with Gasteiger partial charge in [0.15, 0.2) is 17.3 Å². The van der Waals surface area contributed by atoms with E-state index in [1.54, 1.807) is 21.3 Å². The Labute approximate surface area is 143 Å². The van der Waals surface area contributed by atoms with Crippen LogP contribution in [-0.4, -0.2) is 27.1 Å². The van der Waals surface area contributed by atoms with Crippen LogP contribution >= 0.6 is 0 Å². The molecule has 0 saturated heterocycles. The Bertz CT molecular complexity index is 641. The normalized spacial score (nSPS) is 23.0. The van der Waals surface area contributed by atoms with Gasteiger partial charge < -0.3 is 14.2 Å². The third-order valence-electron chi connectivity index (χ3n) is 5.41. The highest BCUT2D eigenvalue weighted by Crippen LogP contribution is 2.44. The van der Waals surface area contributed by atoms with Crippen LogP contribution in [0.1, 0.15) is 44.1 Å². The SMILES string of the molecule is COc1ccc(C=C2CCC(C3CCCC3)C2=O)c(OC)c1OC. The molecule has 4 nitrogen and oxygen atoms in total. The summed E-state index contributed by atoms with van der Waals surface area (Å²) < 4.78 is 16.3. The van der Waals surface area contributed by atoms with Crippen molar-refractivity contribution in [2.75, 3.05) is 21.3 Å². The molecule has 24 heavy (non-hydrogen) atoms. The molecule has 0 heterocycles. The monoisotopic (exact) mass is 330 g/mol. The number of allylic oxidation sites excluding steroid dienone is 1. The quantitative estimate of drug-likeness (QED) is 0.757. The van der Waals surface area contributed by atoms with Gasteiger partial charge in [-0.15, -0.1) is 0 Å². The maximum atomic E-state index is 12.8. The first kappa shape index (κ1) is 16.9. The van der Waals surface area contributed by atoms with E-state index >= 15 is 0 Å². The predicted octanol–water partition coefficient (Wildman–Crippen LogP) is 4.27. The van der Waals surface area contributed by atoms with Crippen molar-refractivity contribution in [3.63, 3.8) is 0 Å². The van der Waals surface area contributed by atoms with Crippen LogP contribution < -0.4 is 14.2 Å². The number of ketones is 1. The van der Waals surface area contributed by atoms with E-state index in [0.29, 0.717) is 28.9 Å². The van der Waals surface area contributed by atoms with Crippen LogP contribution in [0.15, 0.2) is 17.7 Å². The Morgan fingerprint density at radius 1 is 0.958 bits per heavy atom. The molecule has 0 aliphatic heterocycles. The van der Waals surface area contributed by atoms with E-state index in [1.165, 1.54) is 25.7 Å². The number of Topliss-reactive ketones (excluding diaryl/α,β-unsaturated/α-hetero) is 1. The first-order valence-electron chi connectivity index (χ1n) is 8.73. The standard InChI is InChI=1S/C20H26O4/c1-22-17-11-9-15(19(23-2)20(17)24-3)12-14-8-10-16(18(14)21)13-6-4-5-7-13/h9,11-13,16H,4-8,10H2,1-3H3. The van der Waals surface area contributed by atoms with Crippen molar-refractivity contribution in [3.05, 3.63) is 23.3 Å². The maximum absolute atomic E-state index is 12.8. The van der Waals surface area contributed by atoms with E-state index in [9.17, 15) is 4.79 Å². The van der Waals surface area contributed by atoms with E-state index in [0.717, 1.165) is 24.0 Å². The van der Waals surface area contributed by atoms with E-state index in [-0.39, 0.29) is 5.92 Å². The fourth-order valence-electron chi connectivity index (χ4n) is 4.18.